The highest BCUT2D eigenvalue weighted by atomic mass is 127. The summed E-state index contributed by atoms with van der Waals surface area (Å²) >= 11 is 2.01. The number of nitrogens with one attached hydrogen (secondary N) is 1. The van der Waals surface area contributed by atoms with Crippen LogP contribution in [0, 0.1) is 3.70 Å². The molecule has 0 aliphatic carbocycles. The molecule has 0 saturated carbocycles. The highest BCUT2D eigenvalue weighted by molar-refractivity contribution is 14.1. The van der Waals surface area contributed by atoms with Crippen LogP contribution >= 0.6 is 22.6 Å². The van der Waals surface area contributed by atoms with Crippen molar-refractivity contribution in [2.75, 3.05) is 5.32 Å². The molecule has 1 aromatic heterocycles. The molecule has 1 rings (SSSR count). The SMILES string of the molecule is Cn1ncc(NC(=O)O)c1I. The molecule has 1 amide bonds. The Balaban J connectivity index is 2.87. The Hall–Kier alpha value is -0.790. The van der Waals surface area contributed by atoms with Gasteiger partial charge in [0.25, 0.3) is 0 Å². The average Bonchev–Trinajstić information content (AvgIpc) is 2.18. The molecule has 0 unspecified atom stereocenters. The largest absolute Gasteiger partial charge is 0.465 e. The van der Waals surface area contributed by atoms with Gasteiger partial charge in [0.2, 0.25) is 0 Å². The van der Waals surface area contributed by atoms with Crippen LogP contribution in [0.3, 0.4) is 0 Å². The molecule has 60 valence electrons. The summed E-state index contributed by atoms with van der Waals surface area (Å²) < 4.78 is 2.36. The predicted molar refractivity (Wildman–Crippen MR) is 47.6 cm³/mol. The molecule has 0 fully saturated rings. The van der Waals surface area contributed by atoms with Gasteiger partial charge in [-0.1, -0.05) is 0 Å². The maximum atomic E-state index is 10.2. The van der Waals surface area contributed by atoms with E-state index < -0.39 is 6.09 Å². The summed E-state index contributed by atoms with van der Waals surface area (Å²) in [5.74, 6) is 0. The third-order valence-corrected chi connectivity index (χ3v) is 2.39. The Bertz CT molecular complexity index is 283. The number of carbonyl (C=O) groups is 1. The van der Waals surface area contributed by atoms with E-state index in [2.05, 4.69) is 10.4 Å². The maximum absolute atomic E-state index is 10.2. The third-order valence-electron chi connectivity index (χ3n) is 1.11. The molecule has 2 N–H and O–H groups in total. The zero-order valence-corrected chi connectivity index (χ0v) is 7.86. The fourth-order valence-electron chi connectivity index (χ4n) is 0.622. The molecule has 0 atom stereocenters. The first-order chi connectivity index (χ1) is 5.11. The summed E-state index contributed by atoms with van der Waals surface area (Å²) in [4.78, 5) is 10.2. The number of hydrogen-bond donors (Lipinski definition) is 2. The van der Waals surface area contributed by atoms with E-state index in [0.29, 0.717) is 5.69 Å². The van der Waals surface area contributed by atoms with Crippen molar-refractivity contribution in [3.05, 3.63) is 9.90 Å². The Kier molecular flexibility index (Phi) is 2.32. The maximum Gasteiger partial charge on any atom is 0.409 e. The topological polar surface area (TPSA) is 67.2 Å². The number of carboxylic acid groups (broad SMARTS) is 1. The lowest BCUT2D eigenvalue weighted by Crippen LogP contribution is -2.07. The highest BCUT2D eigenvalue weighted by Crippen LogP contribution is 2.15. The zero-order chi connectivity index (χ0) is 8.43. The van der Waals surface area contributed by atoms with Gasteiger partial charge in [-0.05, 0) is 22.6 Å². The van der Waals surface area contributed by atoms with E-state index in [9.17, 15) is 4.79 Å². The first-order valence-electron chi connectivity index (χ1n) is 2.78. The molecule has 5 nitrogen and oxygen atoms in total. The van der Waals surface area contributed by atoms with Gasteiger partial charge < -0.3 is 5.11 Å². The van der Waals surface area contributed by atoms with Gasteiger partial charge in [-0.15, -0.1) is 0 Å². The minimum Gasteiger partial charge on any atom is -0.465 e. The van der Waals surface area contributed by atoms with Gasteiger partial charge in [0, 0.05) is 7.05 Å². The second-order valence-corrected chi connectivity index (χ2v) is 2.92. The molecule has 0 spiro atoms. The van der Waals surface area contributed by atoms with Crippen molar-refractivity contribution in [1.82, 2.24) is 9.78 Å². The standard InChI is InChI=1S/C5H6IN3O2/c1-9-4(6)3(2-7-9)8-5(10)11/h2,8H,1H3,(H,10,11). The van der Waals surface area contributed by atoms with Gasteiger partial charge >= 0.3 is 6.09 Å². The summed E-state index contributed by atoms with van der Waals surface area (Å²) in [5, 5.41) is 14.4. The van der Waals surface area contributed by atoms with Crippen LogP contribution in [0.15, 0.2) is 6.20 Å². The number of nitrogens with zero attached hydrogens (tertiary/aromatic N) is 2. The normalized spacial score (nSPS) is 9.64. The number of halogens is 1. The van der Waals surface area contributed by atoms with E-state index in [1.54, 1.807) is 11.7 Å². The van der Waals surface area contributed by atoms with Crippen molar-refractivity contribution in [2.24, 2.45) is 7.05 Å². The van der Waals surface area contributed by atoms with Crippen LogP contribution in [0.25, 0.3) is 0 Å². The Morgan fingerprint density at radius 3 is 2.91 bits per heavy atom. The van der Waals surface area contributed by atoms with Crippen LogP contribution in [-0.4, -0.2) is 21.0 Å². The average molecular weight is 267 g/mol. The van der Waals surface area contributed by atoms with Crippen molar-refractivity contribution in [2.45, 2.75) is 0 Å². The smallest absolute Gasteiger partial charge is 0.409 e. The quantitative estimate of drug-likeness (QED) is 0.749. The van der Waals surface area contributed by atoms with E-state index in [-0.39, 0.29) is 0 Å². The lowest BCUT2D eigenvalue weighted by molar-refractivity contribution is 0.209. The molecule has 0 aliphatic heterocycles. The minimum absolute atomic E-state index is 0.514. The molecule has 11 heavy (non-hydrogen) atoms. The number of anilines is 1. The molecule has 1 aromatic rings. The first-order valence-corrected chi connectivity index (χ1v) is 3.86. The molecule has 0 aliphatic rings. The van der Waals surface area contributed by atoms with Crippen molar-refractivity contribution >= 4 is 34.4 Å². The first kappa shape index (κ1) is 8.31. The van der Waals surface area contributed by atoms with E-state index in [4.69, 9.17) is 5.11 Å². The molecule has 1 heterocycles. The van der Waals surface area contributed by atoms with Gasteiger partial charge in [-0.2, -0.15) is 5.10 Å². The highest BCUT2D eigenvalue weighted by Gasteiger charge is 2.06. The predicted octanol–water partition coefficient (Wildman–Crippen LogP) is 1.11. The van der Waals surface area contributed by atoms with Crippen molar-refractivity contribution < 1.29 is 9.90 Å². The second kappa shape index (κ2) is 3.07. The van der Waals surface area contributed by atoms with Gasteiger partial charge in [-0.3, -0.25) is 10.00 Å². The molecule has 0 radical (unpaired) electrons. The fourth-order valence-corrected chi connectivity index (χ4v) is 1.02. The molecular formula is C5H6IN3O2. The lowest BCUT2D eigenvalue weighted by atomic mass is 10.6. The van der Waals surface area contributed by atoms with E-state index >= 15 is 0 Å². The van der Waals surface area contributed by atoms with E-state index in [1.165, 1.54) is 6.20 Å². The Morgan fingerprint density at radius 2 is 2.55 bits per heavy atom. The van der Waals surface area contributed by atoms with Gasteiger partial charge in [0.05, 0.1) is 11.9 Å². The number of aromatic nitrogens is 2. The summed E-state index contributed by atoms with van der Waals surface area (Å²) in [7, 11) is 1.74. The van der Waals surface area contributed by atoms with Crippen molar-refractivity contribution in [3.8, 4) is 0 Å². The summed E-state index contributed by atoms with van der Waals surface area (Å²) in [6, 6.07) is 0. The Morgan fingerprint density at radius 1 is 1.91 bits per heavy atom. The van der Waals surface area contributed by atoms with Crippen LogP contribution in [0.5, 0.6) is 0 Å². The van der Waals surface area contributed by atoms with Gasteiger partial charge in [0.15, 0.2) is 0 Å². The second-order valence-electron chi connectivity index (χ2n) is 1.90. The van der Waals surface area contributed by atoms with Crippen LogP contribution in [0.2, 0.25) is 0 Å². The van der Waals surface area contributed by atoms with Crippen LogP contribution in [0.4, 0.5) is 10.5 Å². The van der Waals surface area contributed by atoms with E-state index in [1.807, 2.05) is 22.6 Å². The number of hydrogen-bond acceptors (Lipinski definition) is 2. The van der Waals surface area contributed by atoms with Crippen LogP contribution in [-0.2, 0) is 7.05 Å². The summed E-state index contributed by atoms with van der Waals surface area (Å²) in [6.45, 7) is 0. The molecule has 0 saturated heterocycles. The number of aryl methyl sites for hydroxylation is 1. The van der Waals surface area contributed by atoms with E-state index in [0.717, 1.165) is 3.70 Å². The minimum atomic E-state index is -1.07. The van der Waals surface area contributed by atoms with Crippen LogP contribution < -0.4 is 5.32 Å². The van der Waals surface area contributed by atoms with Gasteiger partial charge in [0.1, 0.15) is 3.70 Å². The molecule has 0 aromatic carbocycles. The summed E-state index contributed by atoms with van der Waals surface area (Å²) in [6.07, 6.45) is 0.395. The van der Waals surface area contributed by atoms with Crippen molar-refractivity contribution in [1.29, 1.82) is 0 Å². The summed E-state index contributed by atoms with van der Waals surface area (Å²) in [5.41, 5.74) is 0.514. The lowest BCUT2D eigenvalue weighted by Gasteiger charge is -1.96. The number of rotatable bonds is 1. The molecule has 0 bridgehead atoms. The molecule has 6 heteroatoms. The monoisotopic (exact) mass is 267 g/mol. The van der Waals surface area contributed by atoms with Crippen LogP contribution in [0.1, 0.15) is 0 Å². The zero-order valence-electron chi connectivity index (χ0n) is 5.71. The Labute approximate surface area is 76.5 Å². The van der Waals surface area contributed by atoms with Crippen molar-refractivity contribution in [3.63, 3.8) is 0 Å². The number of amides is 1. The third kappa shape index (κ3) is 1.82. The fraction of sp³-hybridized carbons (Fsp3) is 0.200. The molecular weight excluding hydrogens is 261 g/mol. The van der Waals surface area contributed by atoms with Gasteiger partial charge in [-0.25, -0.2) is 4.79 Å².